The van der Waals surface area contributed by atoms with Crippen LogP contribution >= 0.6 is 36.2 Å². The minimum absolute atomic E-state index is 0. The van der Waals surface area contributed by atoms with Crippen LogP contribution < -0.4 is 16.0 Å². The third-order valence-corrected chi connectivity index (χ3v) is 4.63. The van der Waals surface area contributed by atoms with Crippen molar-refractivity contribution in [3.8, 4) is 0 Å². The summed E-state index contributed by atoms with van der Waals surface area (Å²) in [5.74, 6) is 0.317. The van der Waals surface area contributed by atoms with Crippen LogP contribution in [-0.4, -0.2) is 35.9 Å². The van der Waals surface area contributed by atoms with Gasteiger partial charge in [0.1, 0.15) is 0 Å². The predicted octanol–water partition coefficient (Wildman–Crippen LogP) is 2.24. The number of halogens is 2. The molecular formula is C15H26Cl2N4O2S. The van der Waals surface area contributed by atoms with Crippen LogP contribution in [-0.2, 0) is 16.0 Å². The summed E-state index contributed by atoms with van der Waals surface area (Å²) in [5, 5.41) is 11.5. The molecule has 24 heavy (non-hydrogen) atoms. The second-order valence-corrected chi connectivity index (χ2v) is 6.97. The van der Waals surface area contributed by atoms with Crippen molar-refractivity contribution in [3.63, 3.8) is 0 Å². The molecule has 0 aliphatic carbocycles. The molecule has 1 saturated heterocycles. The molecule has 138 valence electrons. The third-order valence-electron chi connectivity index (χ3n) is 3.82. The Morgan fingerprint density at radius 3 is 2.75 bits per heavy atom. The normalized spacial score (nSPS) is 19.8. The molecular weight excluding hydrogens is 371 g/mol. The number of thiazole rings is 1. The van der Waals surface area contributed by atoms with Gasteiger partial charge in [-0.25, -0.2) is 4.98 Å². The fourth-order valence-corrected chi connectivity index (χ4v) is 3.01. The zero-order valence-corrected chi connectivity index (χ0v) is 16.6. The average molecular weight is 397 g/mol. The maximum Gasteiger partial charge on any atom is 0.228 e. The van der Waals surface area contributed by atoms with Gasteiger partial charge in [-0.3, -0.25) is 9.59 Å². The van der Waals surface area contributed by atoms with E-state index in [4.69, 9.17) is 0 Å². The number of piperidine rings is 1. The van der Waals surface area contributed by atoms with Gasteiger partial charge in [0.05, 0.1) is 12.1 Å². The fraction of sp³-hybridized carbons (Fsp3) is 0.667. The van der Waals surface area contributed by atoms with Crippen molar-refractivity contribution in [2.75, 3.05) is 18.4 Å². The predicted molar refractivity (Wildman–Crippen MR) is 102 cm³/mol. The minimum atomic E-state index is -0.0871. The van der Waals surface area contributed by atoms with Crippen LogP contribution in [0.1, 0.15) is 32.9 Å². The second-order valence-electron chi connectivity index (χ2n) is 6.11. The highest BCUT2D eigenvalue weighted by atomic mass is 35.5. The summed E-state index contributed by atoms with van der Waals surface area (Å²) in [7, 11) is 0. The van der Waals surface area contributed by atoms with Crippen LogP contribution in [0.2, 0.25) is 0 Å². The molecule has 1 aliphatic heterocycles. The molecule has 2 heterocycles. The Balaban J connectivity index is 0.00000264. The zero-order chi connectivity index (χ0) is 16.1. The summed E-state index contributed by atoms with van der Waals surface area (Å²) >= 11 is 1.35. The molecule has 2 unspecified atom stereocenters. The Bertz CT molecular complexity index is 539. The van der Waals surface area contributed by atoms with E-state index in [9.17, 15) is 9.59 Å². The minimum Gasteiger partial charge on any atom is -0.351 e. The van der Waals surface area contributed by atoms with Crippen LogP contribution in [0.15, 0.2) is 5.38 Å². The van der Waals surface area contributed by atoms with Gasteiger partial charge in [0.25, 0.3) is 0 Å². The SMILES string of the molecule is CC(C)C(=O)Nc1nc(CC(=O)NC2CNCCC2C)cs1.Cl.Cl. The molecule has 2 atom stereocenters. The van der Waals surface area contributed by atoms with Crippen LogP contribution in [0.4, 0.5) is 5.13 Å². The lowest BCUT2D eigenvalue weighted by molar-refractivity contribution is -0.121. The zero-order valence-electron chi connectivity index (χ0n) is 14.1. The van der Waals surface area contributed by atoms with E-state index in [-0.39, 0.29) is 55.0 Å². The number of nitrogens with zero attached hydrogens (tertiary/aromatic N) is 1. The highest BCUT2D eigenvalue weighted by Gasteiger charge is 2.22. The monoisotopic (exact) mass is 396 g/mol. The summed E-state index contributed by atoms with van der Waals surface area (Å²) in [6, 6.07) is 0.181. The van der Waals surface area contributed by atoms with Gasteiger partial charge in [-0.1, -0.05) is 20.8 Å². The number of hydrogen-bond acceptors (Lipinski definition) is 5. The largest absolute Gasteiger partial charge is 0.351 e. The number of aromatic nitrogens is 1. The third kappa shape index (κ3) is 6.93. The smallest absolute Gasteiger partial charge is 0.228 e. The lowest BCUT2D eigenvalue weighted by Gasteiger charge is -2.30. The molecule has 0 saturated carbocycles. The Morgan fingerprint density at radius 1 is 1.42 bits per heavy atom. The van der Waals surface area contributed by atoms with Gasteiger partial charge < -0.3 is 16.0 Å². The molecule has 0 bridgehead atoms. The van der Waals surface area contributed by atoms with Crippen molar-refractivity contribution in [1.29, 1.82) is 0 Å². The van der Waals surface area contributed by atoms with Gasteiger partial charge in [0.2, 0.25) is 11.8 Å². The molecule has 1 aromatic rings. The highest BCUT2D eigenvalue weighted by molar-refractivity contribution is 7.13. The molecule has 0 spiro atoms. The molecule has 1 aliphatic rings. The Morgan fingerprint density at radius 2 is 2.12 bits per heavy atom. The van der Waals surface area contributed by atoms with Crippen LogP contribution in [0, 0.1) is 11.8 Å². The Kier molecular flexibility index (Phi) is 10.5. The summed E-state index contributed by atoms with van der Waals surface area (Å²) in [6.45, 7) is 7.65. The summed E-state index contributed by atoms with van der Waals surface area (Å²) in [4.78, 5) is 28.0. The van der Waals surface area contributed by atoms with Gasteiger partial charge in [-0.15, -0.1) is 36.2 Å². The van der Waals surface area contributed by atoms with E-state index in [2.05, 4.69) is 27.9 Å². The average Bonchev–Trinajstić information content (AvgIpc) is 2.88. The Hall–Kier alpha value is -0.890. The Labute approximate surface area is 159 Å². The van der Waals surface area contributed by atoms with Crippen molar-refractivity contribution < 1.29 is 9.59 Å². The maximum absolute atomic E-state index is 12.1. The lowest BCUT2D eigenvalue weighted by atomic mass is 9.95. The van der Waals surface area contributed by atoms with E-state index in [0.717, 1.165) is 19.5 Å². The summed E-state index contributed by atoms with van der Waals surface area (Å²) in [6.07, 6.45) is 1.32. The quantitative estimate of drug-likeness (QED) is 0.712. The topological polar surface area (TPSA) is 83.1 Å². The van der Waals surface area contributed by atoms with Gasteiger partial charge >= 0.3 is 0 Å². The molecule has 0 aromatic carbocycles. The summed E-state index contributed by atoms with van der Waals surface area (Å²) in [5.41, 5.74) is 0.693. The number of carbonyl (C=O) groups is 2. The first-order chi connectivity index (χ1) is 10.5. The van der Waals surface area contributed by atoms with E-state index in [0.29, 0.717) is 16.7 Å². The van der Waals surface area contributed by atoms with Crippen LogP contribution in [0.25, 0.3) is 0 Å². The molecule has 2 rings (SSSR count). The molecule has 1 aromatic heterocycles. The maximum atomic E-state index is 12.1. The second kappa shape index (κ2) is 10.9. The molecule has 0 radical (unpaired) electrons. The number of anilines is 1. The van der Waals surface area contributed by atoms with Crippen LogP contribution in [0.5, 0.6) is 0 Å². The molecule has 3 N–H and O–H groups in total. The first kappa shape index (κ1) is 23.1. The van der Waals surface area contributed by atoms with Crippen molar-refractivity contribution in [2.24, 2.45) is 11.8 Å². The first-order valence-corrected chi connectivity index (χ1v) is 8.59. The van der Waals surface area contributed by atoms with E-state index >= 15 is 0 Å². The molecule has 1 fully saturated rings. The number of amides is 2. The van der Waals surface area contributed by atoms with Gasteiger partial charge in [0.15, 0.2) is 5.13 Å². The highest BCUT2D eigenvalue weighted by Crippen LogP contribution is 2.17. The van der Waals surface area contributed by atoms with E-state index < -0.39 is 0 Å². The van der Waals surface area contributed by atoms with E-state index in [1.165, 1.54) is 11.3 Å². The van der Waals surface area contributed by atoms with E-state index in [1.54, 1.807) is 0 Å². The first-order valence-electron chi connectivity index (χ1n) is 7.71. The molecule has 6 nitrogen and oxygen atoms in total. The number of carbonyl (C=O) groups excluding carboxylic acids is 2. The van der Waals surface area contributed by atoms with Gasteiger partial charge in [-0.05, 0) is 18.9 Å². The number of nitrogens with one attached hydrogen (secondary N) is 3. The van der Waals surface area contributed by atoms with Crippen LogP contribution in [0.3, 0.4) is 0 Å². The van der Waals surface area contributed by atoms with Gasteiger partial charge in [0, 0.05) is 23.9 Å². The van der Waals surface area contributed by atoms with Crippen molar-refractivity contribution in [3.05, 3.63) is 11.1 Å². The lowest BCUT2D eigenvalue weighted by Crippen LogP contribution is -2.50. The standard InChI is InChI=1S/C15H24N4O2S.2ClH/c1-9(2)14(21)19-15-17-11(8-22-15)6-13(20)18-12-7-16-5-4-10(12)3;;/h8-10,12,16H,4-7H2,1-3H3,(H,18,20)(H,17,19,21);2*1H. The van der Waals surface area contributed by atoms with Crippen molar-refractivity contribution in [1.82, 2.24) is 15.6 Å². The van der Waals surface area contributed by atoms with Gasteiger partial charge in [-0.2, -0.15) is 0 Å². The number of hydrogen-bond donors (Lipinski definition) is 3. The summed E-state index contributed by atoms with van der Waals surface area (Å²) < 4.78 is 0. The fourth-order valence-electron chi connectivity index (χ4n) is 2.30. The van der Waals surface area contributed by atoms with E-state index in [1.807, 2.05) is 19.2 Å². The molecule has 2 amide bonds. The van der Waals surface area contributed by atoms with Crippen molar-refractivity contribution in [2.45, 2.75) is 39.7 Å². The number of rotatable bonds is 5. The van der Waals surface area contributed by atoms with Crippen molar-refractivity contribution >= 4 is 53.1 Å². The molecule has 9 heteroatoms.